The van der Waals surface area contributed by atoms with Crippen LogP contribution in [0, 0.1) is 11.3 Å². The Morgan fingerprint density at radius 2 is 1.92 bits per heavy atom. The summed E-state index contributed by atoms with van der Waals surface area (Å²) >= 11 is 0. The van der Waals surface area contributed by atoms with E-state index in [-0.39, 0.29) is 31.2 Å². The van der Waals surface area contributed by atoms with Crippen molar-refractivity contribution >= 4 is 17.5 Å². The van der Waals surface area contributed by atoms with E-state index in [4.69, 9.17) is 10.00 Å². The van der Waals surface area contributed by atoms with E-state index < -0.39 is 0 Å². The number of methoxy groups -OCH3 is 1. The minimum atomic E-state index is -0.377. The van der Waals surface area contributed by atoms with Crippen LogP contribution in [-0.4, -0.2) is 18.9 Å². The van der Waals surface area contributed by atoms with Crippen molar-refractivity contribution in [2.75, 3.05) is 12.4 Å². The Hall–Kier alpha value is -3.33. The Morgan fingerprint density at radius 1 is 1.12 bits per heavy atom. The molecule has 0 radical (unpaired) electrons. The Morgan fingerprint density at radius 3 is 2.68 bits per heavy atom. The van der Waals surface area contributed by atoms with E-state index in [2.05, 4.69) is 10.6 Å². The van der Waals surface area contributed by atoms with E-state index in [1.165, 1.54) is 0 Å². The Labute approximate surface area is 146 Å². The Bertz CT molecular complexity index is 796. The summed E-state index contributed by atoms with van der Waals surface area (Å²) in [7, 11) is 1.58. The molecule has 2 aromatic rings. The molecule has 0 saturated carbocycles. The quantitative estimate of drug-likeness (QED) is 0.811. The maximum Gasteiger partial charge on any atom is 0.238 e. The summed E-state index contributed by atoms with van der Waals surface area (Å²) in [4.78, 5) is 23.7. The SMILES string of the molecule is COc1cccc(CC(=O)NCc2ccccc2NC(=O)CC#N)c1. The van der Waals surface area contributed by atoms with Crippen molar-refractivity contribution in [2.24, 2.45) is 0 Å². The lowest BCUT2D eigenvalue weighted by Crippen LogP contribution is -2.25. The minimum Gasteiger partial charge on any atom is -0.497 e. The fourth-order valence-electron chi connectivity index (χ4n) is 2.29. The van der Waals surface area contributed by atoms with Crippen molar-refractivity contribution in [1.29, 1.82) is 5.26 Å². The van der Waals surface area contributed by atoms with E-state index >= 15 is 0 Å². The molecule has 6 heteroatoms. The van der Waals surface area contributed by atoms with Gasteiger partial charge in [0.25, 0.3) is 0 Å². The van der Waals surface area contributed by atoms with Gasteiger partial charge in [-0.2, -0.15) is 5.26 Å². The molecule has 0 aliphatic rings. The highest BCUT2D eigenvalue weighted by Crippen LogP contribution is 2.16. The predicted molar refractivity (Wildman–Crippen MR) is 93.8 cm³/mol. The van der Waals surface area contributed by atoms with E-state index in [1.54, 1.807) is 25.3 Å². The zero-order valence-electron chi connectivity index (χ0n) is 13.9. The second-order valence-electron chi connectivity index (χ2n) is 5.35. The van der Waals surface area contributed by atoms with Gasteiger partial charge in [-0.05, 0) is 29.3 Å². The lowest BCUT2D eigenvalue weighted by atomic mass is 10.1. The van der Waals surface area contributed by atoms with Crippen molar-refractivity contribution in [3.05, 3.63) is 59.7 Å². The highest BCUT2D eigenvalue weighted by Gasteiger charge is 2.08. The van der Waals surface area contributed by atoms with Crippen molar-refractivity contribution in [1.82, 2.24) is 5.32 Å². The summed E-state index contributed by atoms with van der Waals surface area (Å²) in [6.07, 6.45) is 0.0245. The van der Waals surface area contributed by atoms with Crippen molar-refractivity contribution < 1.29 is 14.3 Å². The maximum atomic E-state index is 12.1. The van der Waals surface area contributed by atoms with Crippen molar-refractivity contribution in [3.8, 4) is 11.8 Å². The van der Waals surface area contributed by atoms with Crippen LogP contribution in [-0.2, 0) is 22.6 Å². The van der Waals surface area contributed by atoms with Gasteiger partial charge in [-0.1, -0.05) is 30.3 Å². The molecule has 0 aliphatic heterocycles. The van der Waals surface area contributed by atoms with E-state index in [9.17, 15) is 9.59 Å². The molecule has 0 aromatic heterocycles. The van der Waals surface area contributed by atoms with E-state index in [0.29, 0.717) is 11.4 Å². The lowest BCUT2D eigenvalue weighted by Gasteiger charge is -2.11. The molecule has 2 rings (SSSR count). The van der Waals surface area contributed by atoms with Crippen molar-refractivity contribution in [3.63, 3.8) is 0 Å². The second-order valence-corrected chi connectivity index (χ2v) is 5.35. The molecule has 2 N–H and O–H groups in total. The summed E-state index contributed by atoms with van der Waals surface area (Å²) in [5.41, 5.74) is 2.21. The molecular weight excluding hydrogens is 318 g/mol. The van der Waals surface area contributed by atoms with Gasteiger partial charge in [0.05, 0.1) is 19.6 Å². The zero-order valence-corrected chi connectivity index (χ0v) is 13.9. The average molecular weight is 337 g/mol. The van der Waals surface area contributed by atoms with Gasteiger partial charge in [-0.3, -0.25) is 9.59 Å². The smallest absolute Gasteiger partial charge is 0.238 e. The number of nitriles is 1. The van der Waals surface area contributed by atoms with Gasteiger partial charge in [0.2, 0.25) is 11.8 Å². The Kier molecular flexibility index (Phi) is 6.55. The largest absolute Gasteiger partial charge is 0.497 e. The van der Waals surface area contributed by atoms with Gasteiger partial charge < -0.3 is 15.4 Å². The third kappa shape index (κ3) is 5.66. The first-order valence-electron chi connectivity index (χ1n) is 7.76. The normalized spacial score (nSPS) is 9.76. The maximum absolute atomic E-state index is 12.1. The number of hydrogen-bond acceptors (Lipinski definition) is 4. The standard InChI is InChI=1S/C19H19N3O3/c1-25-16-7-4-5-14(11-16)12-19(24)21-13-15-6-2-3-8-17(15)22-18(23)9-10-20/h2-8,11H,9,12-13H2,1H3,(H,21,24)(H,22,23). The highest BCUT2D eigenvalue weighted by atomic mass is 16.5. The third-order valence-corrected chi connectivity index (χ3v) is 3.51. The van der Waals surface area contributed by atoms with Crippen molar-refractivity contribution in [2.45, 2.75) is 19.4 Å². The number of benzene rings is 2. The van der Waals surface area contributed by atoms with E-state index in [0.717, 1.165) is 11.1 Å². The van der Waals surface area contributed by atoms with Crippen LogP contribution in [0.5, 0.6) is 5.75 Å². The van der Waals surface area contributed by atoms with Crippen LogP contribution < -0.4 is 15.4 Å². The molecule has 0 aliphatic carbocycles. The van der Waals surface area contributed by atoms with Crippen LogP contribution in [0.2, 0.25) is 0 Å². The first-order chi connectivity index (χ1) is 12.1. The topological polar surface area (TPSA) is 91.2 Å². The number of amides is 2. The zero-order chi connectivity index (χ0) is 18.1. The number of ether oxygens (including phenoxy) is 1. The average Bonchev–Trinajstić information content (AvgIpc) is 2.61. The summed E-state index contributed by atoms with van der Waals surface area (Å²) < 4.78 is 5.14. The number of anilines is 1. The van der Waals surface area contributed by atoms with Gasteiger partial charge in [0.15, 0.2) is 0 Å². The van der Waals surface area contributed by atoms with Gasteiger partial charge in [-0.15, -0.1) is 0 Å². The van der Waals surface area contributed by atoms with Crippen LogP contribution in [0.4, 0.5) is 5.69 Å². The van der Waals surface area contributed by atoms with E-state index in [1.807, 2.05) is 36.4 Å². The lowest BCUT2D eigenvalue weighted by molar-refractivity contribution is -0.120. The van der Waals surface area contributed by atoms with Gasteiger partial charge in [0, 0.05) is 12.2 Å². The molecule has 0 unspecified atom stereocenters. The molecule has 0 heterocycles. The first-order valence-corrected chi connectivity index (χ1v) is 7.76. The number of hydrogen-bond donors (Lipinski definition) is 2. The number of nitrogens with zero attached hydrogens (tertiary/aromatic N) is 1. The molecule has 25 heavy (non-hydrogen) atoms. The van der Waals surface area contributed by atoms with Gasteiger partial charge in [0.1, 0.15) is 12.2 Å². The summed E-state index contributed by atoms with van der Waals surface area (Å²) in [6.45, 7) is 0.284. The summed E-state index contributed by atoms with van der Waals surface area (Å²) in [5, 5.41) is 14.1. The van der Waals surface area contributed by atoms with Crippen LogP contribution in [0.1, 0.15) is 17.5 Å². The Balaban J connectivity index is 1.95. The molecule has 128 valence electrons. The highest BCUT2D eigenvalue weighted by molar-refractivity contribution is 5.92. The molecule has 2 aromatic carbocycles. The molecular formula is C19H19N3O3. The number of carbonyl (C=O) groups is 2. The number of rotatable bonds is 7. The molecule has 2 amide bonds. The molecule has 0 spiro atoms. The molecule has 0 bridgehead atoms. The van der Waals surface area contributed by atoms with Crippen LogP contribution in [0.3, 0.4) is 0 Å². The van der Waals surface area contributed by atoms with Crippen LogP contribution >= 0.6 is 0 Å². The van der Waals surface area contributed by atoms with Crippen LogP contribution in [0.15, 0.2) is 48.5 Å². The fourth-order valence-corrected chi connectivity index (χ4v) is 2.29. The predicted octanol–water partition coefficient (Wildman–Crippen LogP) is 2.41. The molecule has 0 fully saturated rings. The molecule has 0 saturated heterocycles. The third-order valence-electron chi connectivity index (χ3n) is 3.51. The fraction of sp³-hybridized carbons (Fsp3) is 0.211. The van der Waals surface area contributed by atoms with Crippen LogP contribution in [0.25, 0.3) is 0 Å². The monoisotopic (exact) mass is 337 g/mol. The second kappa shape index (κ2) is 9.08. The minimum absolute atomic E-state index is 0.133. The van der Waals surface area contributed by atoms with Gasteiger partial charge in [-0.25, -0.2) is 0 Å². The number of carbonyl (C=O) groups excluding carboxylic acids is 2. The molecule has 0 atom stereocenters. The first kappa shape index (κ1) is 18.0. The summed E-state index contributed by atoms with van der Waals surface area (Å²) in [5.74, 6) is 0.194. The van der Waals surface area contributed by atoms with Gasteiger partial charge >= 0.3 is 0 Å². The molecule has 6 nitrogen and oxygen atoms in total. The number of para-hydroxylation sites is 1. The summed E-state index contributed by atoms with van der Waals surface area (Å²) in [6, 6.07) is 16.3. The number of nitrogens with one attached hydrogen (secondary N) is 2.